The fraction of sp³-hybridized carbons (Fsp3) is 0.750. The first-order chi connectivity index (χ1) is 8.06. The molecule has 0 unspecified atom stereocenters. The fourth-order valence-electron chi connectivity index (χ4n) is 1.46. The number of ketones is 1. The number of esters is 1. The molecule has 98 valence electrons. The van der Waals surface area contributed by atoms with Crippen LogP contribution in [0.15, 0.2) is 0 Å². The SMILES string of the molecule is CC[C@H](COC)C(=N)C(=O)CCCC(=O)OC. The van der Waals surface area contributed by atoms with Crippen LogP contribution >= 0.6 is 0 Å². The smallest absolute Gasteiger partial charge is 0.305 e. The van der Waals surface area contributed by atoms with E-state index in [0.717, 1.165) is 0 Å². The number of carbonyl (C=O) groups excluding carboxylic acids is 2. The van der Waals surface area contributed by atoms with Crippen LogP contribution in [0.3, 0.4) is 0 Å². The van der Waals surface area contributed by atoms with Gasteiger partial charge in [0.2, 0.25) is 0 Å². The van der Waals surface area contributed by atoms with Crippen LogP contribution in [-0.4, -0.2) is 38.3 Å². The lowest BCUT2D eigenvalue weighted by atomic mass is 9.95. The molecule has 0 heterocycles. The van der Waals surface area contributed by atoms with E-state index in [0.29, 0.717) is 19.4 Å². The van der Waals surface area contributed by atoms with Gasteiger partial charge in [-0.1, -0.05) is 6.92 Å². The lowest BCUT2D eigenvalue weighted by Crippen LogP contribution is -2.26. The van der Waals surface area contributed by atoms with E-state index >= 15 is 0 Å². The first kappa shape index (κ1) is 15.8. The van der Waals surface area contributed by atoms with E-state index in [9.17, 15) is 9.59 Å². The summed E-state index contributed by atoms with van der Waals surface area (Å²) in [6, 6.07) is 0. The van der Waals surface area contributed by atoms with Crippen LogP contribution in [0.25, 0.3) is 0 Å². The lowest BCUT2D eigenvalue weighted by Gasteiger charge is -2.13. The maximum atomic E-state index is 11.7. The van der Waals surface area contributed by atoms with Crippen molar-refractivity contribution in [3.05, 3.63) is 0 Å². The van der Waals surface area contributed by atoms with Crippen LogP contribution in [0.5, 0.6) is 0 Å². The van der Waals surface area contributed by atoms with Gasteiger partial charge in [-0.05, 0) is 12.8 Å². The highest BCUT2D eigenvalue weighted by Crippen LogP contribution is 2.09. The lowest BCUT2D eigenvalue weighted by molar-refractivity contribution is -0.140. The van der Waals surface area contributed by atoms with Crippen LogP contribution < -0.4 is 0 Å². The summed E-state index contributed by atoms with van der Waals surface area (Å²) in [6.07, 6.45) is 1.57. The summed E-state index contributed by atoms with van der Waals surface area (Å²) in [6.45, 7) is 2.30. The summed E-state index contributed by atoms with van der Waals surface area (Å²) >= 11 is 0. The minimum atomic E-state index is -0.326. The third-order valence-electron chi connectivity index (χ3n) is 2.58. The zero-order valence-corrected chi connectivity index (χ0v) is 10.7. The molecule has 0 saturated carbocycles. The predicted molar refractivity (Wildman–Crippen MR) is 64.3 cm³/mol. The van der Waals surface area contributed by atoms with Crippen molar-refractivity contribution in [3.8, 4) is 0 Å². The summed E-state index contributed by atoms with van der Waals surface area (Å²) < 4.78 is 9.43. The molecule has 0 fully saturated rings. The van der Waals surface area contributed by atoms with Gasteiger partial charge in [0.15, 0.2) is 5.78 Å². The average Bonchev–Trinajstić information content (AvgIpc) is 2.34. The van der Waals surface area contributed by atoms with Crippen molar-refractivity contribution in [2.75, 3.05) is 20.8 Å². The first-order valence-corrected chi connectivity index (χ1v) is 5.74. The van der Waals surface area contributed by atoms with E-state index in [1.54, 1.807) is 7.11 Å². The van der Waals surface area contributed by atoms with Gasteiger partial charge in [-0.2, -0.15) is 0 Å². The zero-order valence-electron chi connectivity index (χ0n) is 10.7. The molecule has 0 saturated heterocycles. The van der Waals surface area contributed by atoms with Crippen molar-refractivity contribution in [1.82, 2.24) is 0 Å². The summed E-state index contributed by atoms with van der Waals surface area (Å²) in [4.78, 5) is 22.5. The highest BCUT2D eigenvalue weighted by atomic mass is 16.5. The monoisotopic (exact) mass is 243 g/mol. The number of ether oxygens (including phenoxy) is 2. The molecule has 1 N–H and O–H groups in total. The number of rotatable bonds is 9. The Morgan fingerprint density at radius 1 is 1.24 bits per heavy atom. The molecule has 0 aliphatic heterocycles. The van der Waals surface area contributed by atoms with Crippen molar-refractivity contribution in [3.63, 3.8) is 0 Å². The molecule has 17 heavy (non-hydrogen) atoms. The molecule has 5 heteroatoms. The molecule has 0 aromatic carbocycles. The molecule has 0 spiro atoms. The maximum Gasteiger partial charge on any atom is 0.305 e. The van der Waals surface area contributed by atoms with E-state index in [1.807, 2.05) is 6.92 Å². The first-order valence-electron chi connectivity index (χ1n) is 5.74. The minimum absolute atomic E-state index is 0.0965. The van der Waals surface area contributed by atoms with E-state index in [4.69, 9.17) is 10.1 Å². The Kier molecular flexibility index (Phi) is 8.23. The van der Waals surface area contributed by atoms with Gasteiger partial charge in [0.1, 0.15) is 0 Å². The van der Waals surface area contributed by atoms with Gasteiger partial charge < -0.3 is 14.9 Å². The zero-order chi connectivity index (χ0) is 13.3. The molecule has 0 aromatic rings. The highest BCUT2D eigenvalue weighted by Gasteiger charge is 2.19. The second kappa shape index (κ2) is 8.87. The predicted octanol–water partition coefficient (Wildman–Crippen LogP) is 1.59. The molecule has 0 bridgehead atoms. The van der Waals surface area contributed by atoms with Crippen molar-refractivity contribution in [1.29, 1.82) is 5.41 Å². The Labute approximate surface area is 102 Å². The van der Waals surface area contributed by atoms with Crippen LogP contribution in [0.1, 0.15) is 32.6 Å². The van der Waals surface area contributed by atoms with E-state index in [1.165, 1.54) is 7.11 Å². The number of hydrogen-bond donors (Lipinski definition) is 1. The second-order valence-electron chi connectivity index (χ2n) is 3.83. The van der Waals surface area contributed by atoms with Crippen LogP contribution in [-0.2, 0) is 19.1 Å². The van der Waals surface area contributed by atoms with Crippen LogP contribution in [0.4, 0.5) is 0 Å². The summed E-state index contributed by atoms with van der Waals surface area (Å²) in [5, 5.41) is 7.74. The molecule has 0 rings (SSSR count). The molecule has 0 radical (unpaired) electrons. The van der Waals surface area contributed by atoms with Gasteiger partial charge in [0.25, 0.3) is 0 Å². The van der Waals surface area contributed by atoms with Gasteiger partial charge in [-0.25, -0.2) is 0 Å². The van der Waals surface area contributed by atoms with Gasteiger partial charge in [0, 0.05) is 25.9 Å². The molecular formula is C12H21NO4. The largest absolute Gasteiger partial charge is 0.469 e. The number of Topliss-reactive ketones (excluding diaryl/α,β-unsaturated/α-hetero) is 1. The quantitative estimate of drug-likeness (QED) is 0.493. The van der Waals surface area contributed by atoms with Gasteiger partial charge in [-0.15, -0.1) is 0 Å². The third-order valence-corrected chi connectivity index (χ3v) is 2.58. The maximum absolute atomic E-state index is 11.7. The number of carbonyl (C=O) groups is 2. The Balaban J connectivity index is 4.04. The van der Waals surface area contributed by atoms with Gasteiger partial charge in [-0.3, -0.25) is 9.59 Å². The Bertz CT molecular complexity index is 276. The summed E-state index contributed by atoms with van der Waals surface area (Å²) in [5.41, 5.74) is 0.0965. The average molecular weight is 243 g/mol. The summed E-state index contributed by atoms with van der Waals surface area (Å²) in [7, 11) is 2.87. The van der Waals surface area contributed by atoms with Crippen LogP contribution in [0.2, 0.25) is 0 Å². The van der Waals surface area contributed by atoms with Gasteiger partial charge >= 0.3 is 5.97 Å². The van der Waals surface area contributed by atoms with Crippen LogP contribution in [0, 0.1) is 11.3 Å². The number of nitrogens with one attached hydrogen (secondary N) is 1. The number of hydrogen-bond acceptors (Lipinski definition) is 5. The van der Waals surface area contributed by atoms with E-state index in [2.05, 4.69) is 4.74 Å². The number of methoxy groups -OCH3 is 2. The summed E-state index contributed by atoms with van der Waals surface area (Å²) in [5.74, 6) is -0.684. The molecule has 0 aliphatic carbocycles. The topological polar surface area (TPSA) is 76.5 Å². The molecule has 1 atom stereocenters. The fourth-order valence-corrected chi connectivity index (χ4v) is 1.46. The van der Waals surface area contributed by atoms with E-state index < -0.39 is 0 Å². The normalized spacial score (nSPS) is 11.9. The molecule has 0 amide bonds. The molecule has 0 aromatic heterocycles. The van der Waals surface area contributed by atoms with E-state index in [-0.39, 0.29) is 36.2 Å². The Morgan fingerprint density at radius 3 is 2.35 bits per heavy atom. The highest BCUT2D eigenvalue weighted by molar-refractivity contribution is 6.39. The van der Waals surface area contributed by atoms with Crippen molar-refractivity contribution < 1.29 is 19.1 Å². The molecule has 5 nitrogen and oxygen atoms in total. The second-order valence-corrected chi connectivity index (χ2v) is 3.83. The minimum Gasteiger partial charge on any atom is -0.469 e. The molecule has 0 aliphatic rings. The third kappa shape index (κ3) is 6.16. The molecular weight excluding hydrogens is 222 g/mol. The Morgan fingerprint density at radius 2 is 1.88 bits per heavy atom. The van der Waals surface area contributed by atoms with Gasteiger partial charge in [0.05, 0.1) is 19.4 Å². The standard InChI is InChI=1S/C12H21NO4/c1-4-9(8-16-2)12(13)10(14)6-5-7-11(15)17-3/h9,13H,4-8H2,1-3H3/t9-/m1/s1. The van der Waals surface area contributed by atoms with Crippen molar-refractivity contribution in [2.45, 2.75) is 32.6 Å². The van der Waals surface area contributed by atoms with Crippen molar-refractivity contribution >= 4 is 17.5 Å². The van der Waals surface area contributed by atoms with Crippen molar-refractivity contribution in [2.24, 2.45) is 5.92 Å². The Hall–Kier alpha value is -1.23.